The minimum atomic E-state index is 0.518. The van der Waals surface area contributed by atoms with Crippen LogP contribution in [0.2, 0.25) is 5.02 Å². The summed E-state index contributed by atoms with van der Waals surface area (Å²) in [4.78, 5) is 2.40. The number of hydrogen-bond donors (Lipinski definition) is 1. The lowest BCUT2D eigenvalue weighted by Gasteiger charge is -2.15. The summed E-state index contributed by atoms with van der Waals surface area (Å²) in [7, 11) is 0. The number of rotatable bonds is 4. The Morgan fingerprint density at radius 1 is 1.31 bits per heavy atom. The van der Waals surface area contributed by atoms with Gasteiger partial charge in [-0.05, 0) is 38.1 Å². The van der Waals surface area contributed by atoms with Gasteiger partial charge in [0.2, 0.25) is 0 Å². The number of hydrogen-bond acceptors (Lipinski definition) is 3. The number of likely N-dealkylation sites (tertiary alicyclic amines) is 1. The third-order valence-corrected chi connectivity index (χ3v) is 3.26. The molecule has 0 amide bonds. The van der Waals surface area contributed by atoms with E-state index < -0.39 is 0 Å². The van der Waals surface area contributed by atoms with Crippen molar-refractivity contribution in [3.63, 3.8) is 0 Å². The van der Waals surface area contributed by atoms with Gasteiger partial charge in [0.25, 0.3) is 0 Å². The predicted octanol–water partition coefficient (Wildman–Crippen LogP) is 2.40. The third kappa shape index (κ3) is 2.80. The standard InChI is InChI=1S/C12H17ClN2O/c13-12-10(14)4-3-5-11(12)16-9-8-15-6-1-2-7-15/h3-5H,1-2,6-9,14H2. The molecule has 1 aromatic rings. The van der Waals surface area contributed by atoms with Crippen LogP contribution in [0.1, 0.15) is 12.8 Å². The van der Waals surface area contributed by atoms with E-state index in [2.05, 4.69) is 4.90 Å². The fraction of sp³-hybridized carbons (Fsp3) is 0.500. The van der Waals surface area contributed by atoms with Crippen LogP contribution < -0.4 is 10.5 Å². The lowest BCUT2D eigenvalue weighted by atomic mass is 10.3. The molecule has 1 aliphatic rings. The molecule has 0 aromatic heterocycles. The molecular weight excluding hydrogens is 224 g/mol. The van der Waals surface area contributed by atoms with Gasteiger partial charge in [0.15, 0.2) is 0 Å². The van der Waals surface area contributed by atoms with Crippen LogP contribution in [0.3, 0.4) is 0 Å². The van der Waals surface area contributed by atoms with Crippen molar-refractivity contribution in [1.82, 2.24) is 4.90 Å². The van der Waals surface area contributed by atoms with E-state index in [9.17, 15) is 0 Å². The van der Waals surface area contributed by atoms with Crippen molar-refractivity contribution in [2.45, 2.75) is 12.8 Å². The second kappa shape index (κ2) is 5.41. The molecule has 4 heteroatoms. The van der Waals surface area contributed by atoms with Crippen molar-refractivity contribution >= 4 is 17.3 Å². The van der Waals surface area contributed by atoms with Crippen LogP contribution in [0, 0.1) is 0 Å². The van der Waals surface area contributed by atoms with Crippen LogP contribution in [0.15, 0.2) is 18.2 Å². The zero-order valence-corrected chi connectivity index (χ0v) is 10.0. The molecule has 1 heterocycles. The number of anilines is 1. The number of ether oxygens (including phenoxy) is 1. The fourth-order valence-electron chi connectivity index (χ4n) is 1.93. The van der Waals surface area contributed by atoms with Gasteiger partial charge in [0.05, 0.1) is 5.69 Å². The highest BCUT2D eigenvalue weighted by molar-refractivity contribution is 6.34. The van der Waals surface area contributed by atoms with Crippen molar-refractivity contribution in [3.8, 4) is 5.75 Å². The molecule has 0 aliphatic carbocycles. The topological polar surface area (TPSA) is 38.5 Å². The Kier molecular flexibility index (Phi) is 3.91. The molecule has 0 saturated carbocycles. The summed E-state index contributed by atoms with van der Waals surface area (Å²) >= 11 is 6.03. The van der Waals surface area contributed by atoms with Gasteiger partial charge in [-0.2, -0.15) is 0 Å². The van der Waals surface area contributed by atoms with Gasteiger partial charge >= 0.3 is 0 Å². The molecule has 88 valence electrons. The zero-order valence-electron chi connectivity index (χ0n) is 9.29. The molecule has 1 aliphatic heterocycles. The van der Waals surface area contributed by atoms with E-state index in [1.54, 1.807) is 6.07 Å². The first-order chi connectivity index (χ1) is 7.77. The monoisotopic (exact) mass is 240 g/mol. The van der Waals surface area contributed by atoms with Gasteiger partial charge < -0.3 is 10.5 Å². The summed E-state index contributed by atoms with van der Waals surface area (Å²) in [5, 5.41) is 0.518. The van der Waals surface area contributed by atoms with Crippen molar-refractivity contribution in [1.29, 1.82) is 0 Å². The largest absolute Gasteiger partial charge is 0.491 e. The van der Waals surface area contributed by atoms with Gasteiger partial charge in [-0.25, -0.2) is 0 Å². The Labute approximate surface area is 101 Å². The molecule has 1 aromatic carbocycles. The first kappa shape index (κ1) is 11.6. The van der Waals surface area contributed by atoms with Crippen LogP contribution >= 0.6 is 11.6 Å². The lowest BCUT2D eigenvalue weighted by molar-refractivity contribution is 0.238. The minimum absolute atomic E-state index is 0.518. The Hall–Kier alpha value is -0.930. The summed E-state index contributed by atoms with van der Waals surface area (Å²) in [5.74, 6) is 0.681. The Morgan fingerprint density at radius 3 is 2.81 bits per heavy atom. The van der Waals surface area contributed by atoms with Gasteiger partial charge in [-0.3, -0.25) is 4.90 Å². The molecule has 2 N–H and O–H groups in total. The predicted molar refractivity (Wildman–Crippen MR) is 67.0 cm³/mol. The summed E-state index contributed by atoms with van der Waals surface area (Å²) in [6.45, 7) is 4.01. The van der Waals surface area contributed by atoms with Crippen molar-refractivity contribution in [3.05, 3.63) is 23.2 Å². The normalized spacial score (nSPS) is 16.6. The summed E-state index contributed by atoms with van der Waals surface area (Å²) < 4.78 is 5.63. The average Bonchev–Trinajstić information content (AvgIpc) is 2.77. The van der Waals surface area contributed by atoms with E-state index in [-0.39, 0.29) is 0 Å². The third-order valence-electron chi connectivity index (χ3n) is 2.86. The first-order valence-electron chi connectivity index (χ1n) is 5.66. The smallest absolute Gasteiger partial charge is 0.140 e. The number of halogens is 1. The number of benzene rings is 1. The molecule has 0 unspecified atom stereocenters. The fourth-order valence-corrected chi connectivity index (χ4v) is 2.11. The van der Waals surface area contributed by atoms with Crippen LogP contribution in [0.5, 0.6) is 5.75 Å². The molecule has 0 atom stereocenters. The van der Waals surface area contributed by atoms with Gasteiger partial charge in [0.1, 0.15) is 17.4 Å². The van der Waals surface area contributed by atoms with Gasteiger partial charge in [-0.1, -0.05) is 17.7 Å². The molecule has 16 heavy (non-hydrogen) atoms. The summed E-state index contributed by atoms with van der Waals surface area (Å²) in [6.07, 6.45) is 2.61. The van der Waals surface area contributed by atoms with E-state index in [1.807, 2.05) is 12.1 Å². The minimum Gasteiger partial charge on any atom is -0.491 e. The number of nitrogen functional groups attached to an aromatic ring is 1. The maximum Gasteiger partial charge on any atom is 0.140 e. The lowest BCUT2D eigenvalue weighted by Crippen LogP contribution is -2.25. The van der Waals surface area contributed by atoms with Crippen LogP contribution in [0.25, 0.3) is 0 Å². The molecule has 1 saturated heterocycles. The average molecular weight is 241 g/mol. The number of nitrogens with two attached hydrogens (primary N) is 1. The van der Waals surface area contributed by atoms with E-state index in [0.717, 1.165) is 6.54 Å². The number of nitrogens with zero attached hydrogens (tertiary/aromatic N) is 1. The Balaban J connectivity index is 1.82. The van der Waals surface area contributed by atoms with Gasteiger partial charge in [0, 0.05) is 6.54 Å². The molecule has 0 spiro atoms. The van der Waals surface area contributed by atoms with Crippen LogP contribution in [0.4, 0.5) is 5.69 Å². The zero-order chi connectivity index (χ0) is 11.4. The molecule has 1 fully saturated rings. The maximum atomic E-state index is 6.03. The van der Waals surface area contributed by atoms with Crippen molar-refractivity contribution < 1.29 is 4.74 Å². The Bertz CT molecular complexity index is 351. The highest BCUT2D eigenvalue weighted by atomic mass is 35.5. The van der Waals surface area contributed by atoms with Crippen LogP contribution in [-0.2, 0) is 0 Å². The SMILES string of the molecule is Nc1cccc(OCCN2CCCC2)c1Cl. The van der Waals surface area contributed by atoms with Gasteiger partial charge in [-0.15, -0.1) is 0 Å². The first-order valence-corrected chi connectivity index (χ1v) is 6.04. The van der Waals surface area contributed by atoms with E-state index in [1.165, 1.54) is 25.9 Å². The van der Waals surface area contributed by atoms with E-state index in [0.29, 0.717) is 23.1 Å². The molecule has 0 radical (unpaired) electrons. The van der Waals surface area contributed by atoms with E-state index in [4.69, 9.17) is 22.1 Å². The molecule has 3 nitrogen and oxygen atoms in total. The molecule has 2 rings (SSSR count). The second-order valence-corrected chi connectivity index (χ2v) is 4.43. The molecule has 0 bridgehead atoms. The van der Waals surface area contributed by atoms with Crippen molar-refractivity contribution in [2.24, 2.45) is 0 Å². The highest BCUT2D eigenvalue weighted by Gasteiger charge is 2.11. The Morgan fingerprint density at radius 2 is 2.06 bits per heavy atom. The highest BCUT2D eigenvalue weighted by Crippen LogP contribution is 2.29. The van der Waals surface area contributed by atoms with Crippen LogP contribution in [-0.4, -0.2) is 31.1 Å². The molecular formula is C12H17ClN2O. The maximum absolute atomic E-state index is 6.03. The van der Waals surface area contributed by atoms with Crippen molar-refractivity contribution in [2.75, 3.05) is 32.0 Å². The summed E-state index contributed by atoms with van der Waals surface area (Å²) in [5.41, 5.74) is 6.26. The van der Waals surface area contributed by atoms with E-state index >= 15 is 0 Å². The summed E-state index contributed by atoms with van der Waals surface area (Å²) in [6, 6.07) is 5.48. The quantitative estimate of drug-likeness (QED) is 0.822. The second-order valence-electron chi connectivity index (χ2n) is 4.06.